The lowest BCUT2D eigenvalue weighted by atomic mass is 10.2. The first-order chi connectivity index (χ1) is 11.1. The lowest BCUT2D eigenvalue weighted by molar-refractivity contribution is -0.135. The molecule has 1 aromatic heterocycles. The summed E-state index contributed by atoms with van der Waals surface area (Å²) in [6, 6.07) is 9.20. The van der Waals surface area contributed by atoms with E-state index in [1.165, 1.54) is 0 Å². The third-order valence-corrected chi connectivity index (χ3v) is 4.09. The van der Waals surface area contributed by atoms with Gasteiger partial charge in [-0.3, -0.25) is 9.82 Å². The molecule has 7 heteroatoms. The summed E-state index contributed by atoms with van der Waals surface area (Å²) in [6.07, 6.45) is 3.37. The minimum Gasteiger partial charge on any atom is -0.322 e. The van der Waals surface area contributed by atoms with Crippen molar-refractivity contribution in [3.63, 3.8) is 0 Å². The fourth-order valence-corrected chi connectivity index (χ4v) is 2.74. The van der Waals surface area contributed by atoms with Crippen LogP contribution in [-0.4, -0.2) is 29.1 Å². The first-order valence-corrected chi connectivity index (χ1v) is 8.00. The van der Waals surface area contributed by atoms with Crippen molar-refractivity contribution in [3.8, 4) is 0 Å². The van der Waals surface area contributed by atoms with Gasteiger partial charge in [-0.25, -0.2) is 10.1 Å². The Morgan fingerprint density at radius 2 is 1.87 bits per heavy atom. The number of rotatable bonds is 4. The number of halogens is 2. The number of pyridine rings is 1. The second kappa shape index (κ2) is 7.17. The highest BCUT2D eigenvalue weighted by molar-refractivity contribution is 6.39. The van der Waals surface area contributed by atoms with E-state index in [1.807, 2.05) is 19.1 Å². The molecule has 2 heterocycles. The van der Waals surface area contributed by atoms with Gasteiger partial charge in [-0.1, -0.05) is 29.3 Å². The molecule has 0 radical (unpaired) electrons. The molecule has 0 saturated carbocycles. The Kier molecular flexibility index (Phi) is 5.00. The van der Waals surface area contributed by atoms with Gasteiger partial charge in [0.1, 0.15) is 6.10 Å². The highest BCUT2D eigenvalue weighted by atomic mass is 35.5. The summed E-state index contributed by atoms with van der Waals surface area (Å²) in [5.41, 5.74) is 1.67. The van der Waals surface area contributed by atoms with Gasteiger partial charge in [0.05, 0.1) is 28.8 Å². The van der Waals surface area contributed by atoms with Gasteiger partial charge in [0, 0.05) is 12.4 Å². The van der Waals surface area contributed by atoms with Crippen LogP contribution in [0.5, 0.6) is 0 Å². The van der Waals surface area contributed by atoms with Crippen LogP contribution < -0.4 is 5.32 Å². The normalized spacial score (nSPS) is 15.4. The molecule has 1 atom stereocenters. The van der Waals surface area contributed by atoms with Crippen molar-refractivity contribution in [1.29, 1.82) is 0 Å². The van der Waals surface area contributed by atoms with Crippen LogP contribution in [0, 0.1) is 0 Å². The van der Waals surface area contributed by atoms with E-state index in [0.29, 0.717) is 34.8 Å². The Balaban J connectivity index is 1.71. The number of aliphatic imine (C=N–C) groups is 1. The van der Waals surface area contributed by atoms with Crippen LogP contribution in [-0.2, 0) is 4.84 Å². The number of hydrogen-bond acceptors (Lipinski definition) is 5. The van der Waals surface area contributed by atoms with Gasteiger partial charge >= 0.3 is 0 Å². The third-order valence-electron chi connectivity index (χ3n) is 3.46. The smallest absolute Gasteiger partial charge is 0.223 e. The van der Waals surface area contributed by atoms with Gasteiger partial charge < -0.3 is 5.32 Å². The average Bonchev–Trinajstić information content (AvgIpc) is 2.99. The van der Waals surface area contributed by atoms with Crippen molar-refractivity contribution < 1.29 is 4.84 Å². The number of nitrogens with zero attached hydrogens (tertiary/aromatic N) is 3. The van der Waals surface area contributed by atoms with Crippen molar-refractivity contribution in [2.75, 3.05) is 18.4 Å². The topological polar surface area (TPSA) is 49.8 Å². The van der Waals surface area contributed by atoms with Crippen molar-refractivity contribution in [2.24, 2.45) is 4.99 Å². The Morgan fingerprint density at radius 1 is 1.17 bits per heavy atom. The molecule has 1 unspecified atom stereocenters. The molecule has 1 aromatic carbocycles. The maximum absolute atomic E-state index is 6.19. The third kappa shape index (κ3) is 3.75. The van der Waals surface area contributed by atoms with E-state index >= 15 is 0 Å². The van der Waals surface area contributed by atoms with E-state index in [4.69, 9.17) is 28.0 Å². The molecule has 0 fully saturated rings. The standard InChI is InChI=1S/C16H16Cl2N4O/c1-11(12-5-7-19-8-6-12)23-22-10-9-20-16(22)21-15-13(17)3-2-4-14(15)18/h2-8,11H,9-10H2,1H3,(H,20,21). The highest BCUT2D eigenvalue weighted by Gasteiger charge is 2.22. The van der Waals surface area contributed by atoms with Gasteiger partial charge in [0.25, 0.3) is 0 Å². The van der Waals surface area contributed by atoms with Crippen LogP contribution in [0.25, 0.3) is 0 Å². The molecular weight excluding hydrogens is 335 g/mol. The minimum absolute atomic E-state index is 0.121. The molecular formula is C16H16Cl2N4O. The zero-order chi connectivity index (χ0) is 16.2. The monoisotopic (exact) mass is 350 g/mol. The molecule has 1 N–H and O–H groups in total. The van der Waals surface area contributed by atoms with Gasteiger partial charge in [-0.15, -0.1) is 0 Å². The quantitative estimate of drug-likeness (QED) is 0.899. The number of hydroxylamine groups is 2. The Labute approximate surface area is 144 Å². The first kappa shape index (κ1) is 16.1. The Bertz CT molecular complexity index is 688. The SMILES string of the molecule is CC(ON1CCN=C1Nc1c(Cl)cccc1Cl)c1ccncc1. The zero-order valence-electron chi connectivity index (χ0n) is 12.5. The minimum atomic E-state index is -0.121. The number of guanidine groups is 1. The maximum Gasteiger partial charge on any atom is 0.223 e. The molecule has 120 valence electrons. The van der Waals surface area contributed by atoms with Crippen LogP contribution >= 0.6 is 23.2 Å². The lowest BCUT2D eigenvalue weighted by Gasteiger charge is -2.25. The molecule has 1 aliphatic rings. The molecule has 2 aromatic rings. The van der Waals surface area contributed by atoms with Crippen LogP contribution in [0.3, 0.4) is 0 Å². The number of hydrogen-bond donors (Lipinski definition) is 1. The van der Waals surface area contributed by atoms with Crippen molar-refractivity contribution in [2.45, 2.75) is 13.0 Å². The predicted octanol–water partition coefficient (Wildman–Crippen LogP) is 4.16. The van der Waals surface area contributed by atoms with E-state index in [9.17, 15) is 0 Å². The number of nitrogens with one attached hydrogen (secondary N) is 1. The summed E-state index contributed by atoms with van der Waals surface area (Å²) in [4.78, 5) is 14.4. The van der Waals surface area contributed by atoms with E-state index in [2.05, 4.69) is 15.3 Å². The molecule has 0 saturated heterocycles. The number of aromatic nitrogens is 1. The Hall–Kier alpha value is -1.82. The predicted molar refractivity (Wildman–Crippen MR) is 92.8 cm³/mol. The van der Waals surface area contributed by atoms with Gasteiger partial charge in [-0.2, -0.15) is 0 Å². The van der Waals surface area contributed by atoms with Crippen LogP contribution in [0.1, 0.15) is 18.6 Å². The molecule has 0 amide bonds. The Morgan fingerprint density at radius 3 is 2.57 bits per heavy atom. The van der Waals surface area contributed by atoms with E-state index in [-0.39, 0.29) is 6.10 Å². The first-order valence-electron chi connectivity index (χ1n) is 7.25. The van der Waals surface area contributed by atoms with Gasteiger partial charge in [0.2, 0.25) is 5.96 Å². The molecule has 5 nitrogen and oxygen atoms in total. The largest absolute Gasteiger partial charge is 0.322 e. The fraction of sp³-hybridized carbons (Fsp3) is 0.250. The number of anilines is 1. The second-order valence-electron chi connectivity index (χ2n) is 5.06. The molecule has 0 bridgehead atoms. The van der Waals surface area contributed by atoms with E-state index in [0.717, 1.165) is 5.56 Å². The summed E-state index contributed by atoms with van der Waals surface area (Å²) in [5.74, 6) is 0.598. The summed E-state index contributed by atoms with van der Waals surface area (Å²) in [7, 11) is 0. The zero-order valence-corrected chi connectivity index (χ0v) is 14.1. The van der Waals surface area contributed by atoms with Crippen molar-refractivity contribution >= 4 is 34.8 Å². The van der Waals surface area contributed by atoms with Crippen LogP contribution in [0.15, 0.2) is 47.7 Å². The van der Waals surface area contributed by atoms with Crippen LogP contribution in [0.2, 0.25) is 10.0 Å². The van der Waals surface area contributed by atoms with Gasteiger partial charge in [0.15, 0.2) is 0 Å². The summed E-state index contributed by atoms with van der Waals surface area (Å²) < 4.78 is 0. The van der Waals surface area contributed by atoms with Crippen LogP contribution in [0.4, 0.5) is 5.69 Å². The van der Waals surface area contributed by atoms with E-state index < -0.39 is 0 Å². The molecule has 1 aliphatic heterocycles. The highest BCUT2D eigenvalue weighted by Crippen LogP contribution is 2.30. The van der Waals surface area contributed by atoms with Gasteiger partial charge in [-0.05, 0) is 36.8 Å². The van der Waals surface area contributed by atoms with Crippen molar-refractivity contribution in [1.82, 2.24) is 10.0 Å². The molecule has 3 rings (SSSR count). The molecule has 23 heavy (non-hydrogen) atoms. The fourth-order valence-electron chi connectivity index (χ4n) is 2.25. The lowest BCUT2D eigenvalue weighted by Crippen LogP contribution is -2.34. The summed E-state index contributed by atoms with van der Waals surface area (Å²) in [5, 5.41) is 5.96. The average molecular weight is 351 g/mol. The van der Waals surface area contributed by atoms with E-state index in [1.54, 1.807) is 35.7 Å². The molecule has 0 aliphatic carbocycles. The second-order valence-corrected chi connectivity index (χ2v) is 5.87. The summed E-state index contributed by atoms with van der Waals surface area (Å²) in [6.45, 7) is 3.29. The molecule has 0 spiro atoms. The summed E-state index contributed by atoms with van der Waals surface area (Å²) >= 11 is 12.4. The number of benzene rings is 1. The maximum atomic E-state index is 6.19. The number of para-hydroxylation sites is 1. The van der Waals surface area contributed by atoms with Crippen molar-refractivity contribution in [3.05, 3.63) is 58.3 Å².